The van der Waals surface area contributed by atoms with Crippen molar-refractivity contribution in [3.05, 3.63) is 35.9 Å². The predicted octanol–water partition coefficient (Wildman–Crippen LogP) is 1.90. The minimum absolute atomic E-state index is 0.0892. The lowest BCUT2D eigenvalue weighted by Crippen LogP contribution is -2.45. The van der Waals surface area contributed by atoms with Crippen LogP contribution in [0, 0.1) is 5.92 Å². The molecule has 3 nitrogen and oxygen atoms in total. The van der Waals surface area contributed by atoms with E-state index in [4.69, 9.17) is 0 Å². The van der Waals surface area contributed by atoms with Gasteiger partial charge in [0.2, 0.25) is 5.91 Å². The van der Waals surface area contributed by atoms with E-state index in [0.717, 1.165) is 19.5 Å². The number of carbonyl (C=O) groups excluding carboxylic acids is 1. The third kappa shape index (κ3) is 3.33. The highest BCUT2D eigenvalue weighted by Crippen LogP contribution is 2.26. The molecule has 1 heterocycles. The molecule has 2 N–H and O–H groups in total. The Hall–Kier alpha value is -1.35. The molecule has 1 amide bonds. The molecule has 1 aromatic carbocycles. The Morgan fingerprint density at radius 2 is 2.00 bits per heavy atom. The smallest absolute Gasteiger partial charge is 0.224 e. The first kappa shape index (κ1) is 13.1. The number of piperidine rings is 1. The summed E-state index contributed by atoms with van der Waals surface area (Å²) >= 11 is 0. The molecule has 0 saturated carbocycles. The van der Waals surface area contributed by atoms with Crippen molar-refractivity contribution in [3.63, 3.8) is 0 Å². The van der Waals surface area contributed by atoms with Gasteiger partial charge in [-0.2, -0.15) is 0 Å². The van der Waals surface area contributed by atoms with Crippen molar-refractivity contribution in [1.82, 2.24) is 10.6 Å². The van der Waals surface area contributed by atoms with E-state index in [1.54, 1.807) is 0 Å². The average Bonchev–Trinajstić information content (AvgIpc) is 2.39. The third-order valence-electron chi connectivity index (χ3n) is 3.42. The average molecular weight is 246 g/mol. The first-order valence-corrected chi connectivity index (χ1v) is 6.73. The monoisotopic (exact) mass is 246 g/mol. The van der Waals surface area contributed by atoms with Crippen LogP contribution in [-0.2, 0) is 4.79 Å². The zero-order valence-electron chi connectivity index (χ0n) is 11.1. The summed E-state index contributed by atoms with van der Waals surface area (Å²) in [6, 6.07) is 10.7. The lowest BCUT2D eigenvalue weighted by atomic mass is 9.85. The van der Waals surface area contributed by atoms with Crippen molar-refractivity contribution < 1.29 is 4.79 Å². The standard InChI is InChI=1S/C15H22N2O/c1-11(2)17-15(18)14-8-13(9-16-10-14)12-6-4-3-5-7-12/h3-7,11,13-14,16H,8-10H2,1-2H3,(H,17,18)/t13-,14+/m1/s1. The van der Waals surface area contributed by atoms with Gasteiger partial charge in [-0.15, -0.1) is 0 Å². The van der Waals surface area contributed by atoms with Gasteiger partial charge in [-0.25, -0.2) is 0 Å². The summed E-state index contributed by atoms with van der Waals surface area (Å²) < 4.78 is 0. The molecule has 0 bridgehead atoms. The highest BCUT2D eigenvalue weighted by atomic mass is 16.1. The maximum Gasteiger partial charge on any atom is 0.224 e. The van der Waals surface area contributed by atoms with Crippen LogP contribution < -0.4 is 10.6 Å². The summed E-state index contributed by atoms with van der Waals surface area (Å²) in [5.41, 5.74) is 1.33. The lowest BCUT2D eigenvalue weighted by Gasteiger charge is -2.30. The van der Waals surface area contributed by atoms with Crippen LogP contribution in [-0.4, -0.2) is 25.0 Å². The minimum atomic E-state index is 0.0892. The molecule has 2 rings (SSSR count). The molecule has 98 valence electrons. The summed E-state index contributed by atoms with van der Waals surface area (Å²) in [5.74, 6) is 0.715. The van der Waals surface area contributed by atoms with Crippen LogP contribution in [0.2, 0.25) is 0 Å². The van der Waals surface area contributed by atoms with Crippen molar-refractivity contribution in [3.8, 4) is 0 Å². The molecular weight excluding hydrogens is 224 g/mol. The summed E-state index contributed by atoms with van der Waals surface area (Å²) in [6.07, 6.45) is 0.940. The van der Waals surface area contributed by atoms with Gasteiger partial charge < -0.3 is 10.6 Å². The zero-order valence-corrected chi connectivity index (χ0v) is 11.1. The van der Waals surface area contributed by atoms with Crippen molar-refractivity contribution in [2.24, 2.45) is 5.92 Å². The molecule has 0 unspecified atom stereocenters. The maximum absolute atomic E-state index is 12.0. The Bertz CT molecular complexity index is 389. The third-order valence-corrected chi connectivity index (χ3v) is 3.42. The van der Waals surface area contributed by atoms with Crippen LogP contribution in [0.4, 0.5) is 0 Å². The van der Waals surface area contributed by atoms with Gasteiger partial charge in [-0.3, -0.25) is 4.79 Å². The molecule has 1 fully saturated rings. The quantitative estimate of drug-likeness (QED) is 0.855. The first-order chi connectivity index (χ1) is 8.66. The van der Waals surface area contributed by atoms with Crippen LogP contribution >= 0.6 is 0 Å². The Kier molecular flexibility index (Phi) is 4.37. The van der Waals surface area contributed by atoms with E-state index in [1.807, 2.05) is 19.9 Å². The summed E-state index contributed by atoms with van der Waals surface area (Å²) in [5, 5.41) is 6.38. The van der Waals surface area contributed by atoms with Gasteiger partial charge in [0.25, 0.3) is 0 Å². The highest BCUT2D eigenvalue weighted by Gasteiger charge is 2.27. The minimum Gasteiger partial charge on any atom is -0.354 e. The van der Waals surface area contributed by atoms with E-state index in [9.17, 15) is 4.79 Å². The van der Waals surface area contributed by atoms with Crippen LogP contribution in [0.15, 0.2) is 30.3 Å². The number of carbonyl (C=O) groups is 1. The predicted molar refractivity (Wildman–Crippen MR) is 73.4 cm³/mol. The molecule has 0 aromatic heterocycles. The van der Waals surface area contributed by atoms with Gasteiger partial charge in [0.05, 0.1) is 5.92 Å². The van der Waals surface area contributed by atoms with Crippen LogP contribution in [0.5, 0.6) is 0 Å². The fourth-order valence-electron chi connectivity index (χ4n) is 2.52. The van der Waals surface area contributed by atoms with E-state index in [0.29, 0.717) is 5.92 Å². The molecule has 2 atom stereocenters. The van der Waals surface area contributed by atoms with Crippen molar-refractivity contribution in [1.29, 1.82) is 0 Å². The van der Waals surface area contributed by atoms with E-state index in [1.165, 1.54) is 5.56 Å². The first-order valence-electron chi connectivity index (χ1n) is 6.73. The molecule has 1 aliphatic rings. The SMILES string of the molecule is CC(C)NC(=O)[C@@H]1CNC[C@H](c2ccccc2)C1. The normalized spacial score (nSPS) is 23.9. The molecule has 1 aromatic rings. The number of hydrogen-bond donors (Lipinski definition) is 2. The summed E-state index contributed by atoms with van der Waals surface area (Å²) in [7, 11) is 0. The second-order valence-corrected chi connectivity index (χ2v) is 5.36. The Morgan fingerprint density at radius 3 is 2.67 bits per heavy atom. The van der Waals surface area contributed by atoms with Gasteiger partial charge in [0.1, 0.15) is 0 Å². The number of amides is 1. The van der Waals surface area contributed by atoms with E-state index < -0.39 is 0 Å². The van der Waals surface area contributed by atoms with E-state index >= 15 is 0 Å². The van der Waals surface area contributed by atoms with Gasteiger partial charge >= 0.3 is 0 Å². The summed E-state index contributed by atoms with van der Waals surface area (Å²) in [6.45, 7) is 5.77. The second kappa shape index (κ2) is 6.01. The second-order valence-electron chi connectivity index (χ2n) is 5.36. The molecule has 1 aliphatic heterocycles. The molecule has 18 heavy (non-hydrogen) atoms. The van der Waals surface area contributed by atoms with Crippen molar-refractivity contribution in [2.75, 3.05) is 13.1 Å². The summed E-state index contributed by atoms with van der Waals surface area (Å²) in [4.78, 5) is 12.0. The zero-order chi connectivity index (χ0) is 13.0. The van der Waals surface area contributed by atoms with Crippen molar-refractivity contribution in [2.45, 2.75) is 32.2 Å². The topological polar surface area (TPSA) is 41.1 Å². The van der Waals surface area contributed by atoms with E-state index in [-0.39, 0.29) is 17.9 Å². The Balaban J connectivity index is 1.98. The van der Waals surface area contributed by atoms with E-state index in [2.05, 4.69) is 34.9 Å². The van der Waals surface area contributed by atoms with Crippen LogP contribution in [0.1, 0.15) is 31.7 Å². The van der Waals surface area contributed by atoms with Crippen LogP contribution in [0.25, 0.3) is 0 Å². The number of nitrogens with one attached hydrogen (secondary N) is 2. The number of rotatable bonds is 3. The van der Waals surface area contributed by atoms with Crippen molar-refractivity contribution >= 4 is 5.91 Å². The molecular formula is C15H22N2O. The van der Waals surface area contributed by atoms with Gasteiger partial charge in [-0.05, 0) is 31.7 Å². The number of benzene rings is 1. The Labute approximate surface area is 109 Å². The maximum atomic E-state index is 12.0. The largest absolute Gasteiger partial charge is 0.354 e. The van der Waals surface area contributed by atoms with Gasteiger partial charge in [0, 0.05) is 19.1 Å². The fourth-order valence-corrected chi connectivity index (χ4v) is 2.52. The van der Waals surface area contributed by atoms with Crippen LogP contribution in [0.3, 0.4) is 0 Å². The Morgan fingerprint density at radius 1 is 1.28 bits per heavy atom. The molecule has 0 spiro atoms. The number of hydrogen-bond acceptors (Lipinski definition) is 2. The fraction of sp³-hybridized carbons (Fsp3) is 0.533. The molecule has 0 radical (unpaired) electrons. The highest BCUT2D eigenvalue weighted by molar-refractivity contribution is 5.79. The molecule has 3 heteroatoms. The molecule has 0 aliphatic carbocycles. The van der Waals surface area contributed by atoms with Gasteiger partial charge in [0.15, 0.2) is 0 Å². The lowest BCUT2D eigenvalue weighted by molar-refractivity contribution is -0.126. The molecule has 1 saturated heterocycles. The van der Waals surface area contributed by atoms with Gasteiger partial charge in [-0.1, -0.05) is 30.3 Å².